The van der Waals surface area contributed by atoms with Gasteiger partial charge in [-0.2, -0.15) is 0 Å². The molecule has 1 aliphatic heterocycles. The SMILES string of the molecule is CCNC(=O)CN(CC)C(=O)CN1C(=O)N[C@@](CC)(c2ccc(OC)cc2)C1=O. The number of amides is 5. The summed E-state index contributed by atoms with van der Waals surface area (Å²) in [5, 5.41) is 5.37. The normalized spacial score (nSPS) is 18.4. The van der Waals surface area contributed by atoms with Crippen molar-refractivity contribution in [3.8, 4) is 5.75 Å². The molecule has 0 aromatic heterocycles. The largest absolute Gasteiger partial charge is 0.497 e. The van der Waals surface area contributed by atoms with Crippen LogP contribution in [-0.2, 0) is 19.9 Å². The zero-order chi connectivity index (χ0) is 21.6. The second kappa shape index (κ2) is 9.40. The Balaban J connectivity index is 2.19. The average Bonchev–Trinajstić information content (AvgIpc) is 2.97. The maximum absolute atomic E-state index is 13.2. The first-order valence-corrected chi connectivity index (χ1v) is 9.66. The Labute approximate surface area is 170 Å². The Morgan fingerprint density at radius 3 is 2.34 bits per heavy atom. The second-order valence-electron chi connectivity index (χ2n) is 6.67. The number of nitrogens with one attached hydrogen (secondary N) is 2. The molecule has 2 rings (SSSR count). The lowest BCUT2D eigenvalue weighted by Gasteiger charge is -2.26. The van der Waals surface area contributed by atoms with Crippen LogP contribution in [0.5, 0.6) is 5.75 Å². The van der Waals surface area contributed by atoms with E-state index >= 15 is 0 Å². The summed E-state index contributed by atoms with van der Waals surface area (Å²) in [5.74, 6) is -0.616. The Morgan fingerprint density at radius 2 is 1.83 bits per heavy atom. The van der Waals surface area contributed by atoms with Crippen molar-refractivity contribution in [2.45, 2.75) is 32.7 Å². The summed E-state index contributed by atoms with van der Waals surface area (Å²) < 4.78 is 5.14. The number of benzene rings is 1. The lowest BCUT2D eigenvalue weighted by Crippen LogP contribution is -2.47. The number of rotatable bonds is 9. The summed E-state index contributed by atoms with van der Waals surface area (Å²) in [4.78, 5) is 52.4. The van der Waals surface area contributed by atoms with Crippen molar-refractivity contribution >= 4 is 23.8 Å². The molecule has 29 heavy (non-hydrogen) atoms. The fourth-order valence-corrected chi connectivity index (χ4v) is 3.32. The van der Waals surface area contributed by atoms with Gasteiger partial charge in [-0.15, -0.1) is 0 Å². The smallest absolute Gasteiger partial charge is 0.325 e. The van der Waals surface area contributed by atoms with Gasteiger partial charge in [-0.3, -0.25) is 19.3 Å². The summed E-state index contributed by atoms with van der Waals surface area (Å²) in [6.07, 6.45) is 0.324. The van der Waals surface area contributed by atoms with Gasteiger partial charge in [-0.1, -0.05) is 19.1 Å². The third-order valence-corrected chi connectivity index (χ3v) is 5.03. The Kier molecular flexibility index (Phi) is 7.19. The van der Waals surface area contributed by atoms with Crippen LogP contribution in [0.2, 0.25) is 0 Å². The molecule has 0 unspecified atom stereocenters. The van der Waals surface area contributed by atoms with Crippen LogP contribution in [-0.4, -0.2) is 66.8 Å². The van der Waals surface area contributed by atoms with Gasteiger partial charge >= 0.3 is 6.03 Å². The van der Waals surface area contributed by atoms with Gasteiger partial charge < -0.3 is 20.3 Å². The molecular weight excluding hydrogens is 376 g/mol. The summed E-state index contributed by atoms with van der Waals surface area (Å²) >= 11 is 0. The van der Waals surface area contributed by atoms with Crippen LogP contribution in [0.1, 0.15) is 32.8 Å². The highest BCUT2D eigenvalue weighted by molar-refractivity contribution is 6.09. The van der Waals surface area contributed by atoms with Gasteiger partial charge in [0.15, 0.2) is 0 Å². The van der Waals surface area contributed by atoms with Gasteiger partial charge in [-0.05, 0) is 38.0 Å². The van der Waals surface area contributed by atoms with Crippen molar-refractivity contribution in [1.82, 2.24) is 20.4 Å². The van der Waals surface area contributed by atoms with E-state index in [2.05, 4.69) is 10.6 Å². The summed E-state index contributed by atoms with van der Waals surface area (Å²) in [6.45, 7) is 5.51. The summed E-state index contributed by atoms with van der Waals surface area (Å²) in [5.41, 5.74) is -0.621. The van der Waals surface area contributed by atoms with Gasteiger partial charge in [0.1, 0.15) is 17.8 Å². The van der Waals surface area contributed by atoms with Gasteiger partial charge in [0.05, 0.1) is 13.7 Å². The maximum Gasteiger partial charge on any atom is 0.325 e. The van der Waals surface area contributed by atoms with E-state index in [9.17, 15) is 19.2 Å². The molecule has 1 fully saturated rings. The van der Waals surface area contributed by atoms with Crippen molar-refractivity contribution in [3.05, 3.63) is 29.8 Å². The highest BCUT2D eigenvalue weighted by atomic mass is 16.5. The molecule has 1 aromatic carbocycles. The molecule has 0 spiro atoms. The van der Waals surface area contributed by atoms with Gasteiger partial charge in [0.25, 0.3) is 5.91 Å². The molecule has 1 aliphatic rings. The molecule has 1 saturated heterocycles. The molecule has 0 radical (unpaired) electrons. The van der Waals surface area contributed by atoms with E-state index in [4.69, 9.17) is 4.74 Å². The average molecular weight is 404 g/mol. The first-order valence-electron chi connectivity index (χ1n) is 9.66. The van der Waals surface area contributed by atoms with Crippen LogP contribution in [0.25, 0.3) is 0 Å². The fraction of sp³-hybridized carbons (Fsp3) is 0.500. The standard InChI is InChI=1S/C20H28N4O5/c1-5-20(14-8-10-15(29-4)11-9-14)18(27)24(19(28)22-20)13-17(26)23(7-3)12-16(25)21-6-2/h8-11H,5-7,12-13H2,1-4H3,(H,21,25)(H,22,28)/t20-/m0/s1. The minimum atomic E-state index is -1.24. The van der Waals surface area contributed by atoms with E-state index < -0.39 is 29.9 Å². The molecule has 158 valence electrons. The van der Waals surface area contributed by atoms with Gasteiger partial charge in [0.2, 0.25) is 11.8 Å². The molecule has 2 N–H and O–H groups in total. The van der Waals surface area contributed by atoms with Crippen molar-refractivity contribution in [1.29, 1.82) is 0 Å². The number of carbonyl (C=O) groups is 4. The molecule has 1 heterocycles. The summed E-state index contributed by atoms with van der Waals surface area (Å²) in [6, 6.07) is 6.24. The zero-order valence-corrected chi connectivity index (χ0v) is 17.3. The van der Waals surface area contributed by atoms with E-state index in [0.29, 0.717) is 24.3 Å². The lowest BCUT2D eigenvalue weighted by molar-refractivity contribution is -0.140. The van der Waals surface area contributed by atoms with Crippen LogP contribution in [0.3, 0.4) is 0 Å². The number of hydrogen-bond acceptors (Lipinski definition) is 5. The first-order chi connectivity index (χ1) is 13.8. The molecule has 9 nitrogen and oxygen atoms in total. The number of imide groups is 1. The van der Waals surface area contributed by atoms with Gasteiger partial charge in [0, 0.05) is 13.1 Å². The highest BCUT2D eigenvalue weighted by Crippen LogP contribution is 2.33. The first kappa shape index (κ1) is 22.2. The van der Waals surface area contributed by atoms with Crippen LogP contribution < -0.4 is 15.4 Å². The highest BCUT2D eigenvalue weighted by Gasteiger charge is 2.51. The molecule has 5 amide bonds. The number of carbonyl (C=O) groups excluding carboxylic acids is 4. The topological polar surface area (TPSA) is 108 Å². The van der Waals surface area contributed by atoms with Crippen LogP contribution in [0.15, 0.2) is 24.3 Å². The van der Waals surface area contributed by atoms with Crippen molar-refractivity contribution < 1.29 is 23.9 Å². The second-order valence-corrected chi connectivity index (χ2v) is 6.67. The van der Waals surface area contributed by atoms with Crippen molar-refractivity contribution in [3.63, 3.8) is 0 Å². The van der Waals surface area contributed by atoms with Crippen LogP contribution in [0, 0.1) is 0 Å². The van der Waals surface area contributed by atoms with E-state index in [-0.39, 0.29) is 19.0 Å². The van der Waals surface area contributed by atoms with Gasteiger partial charge in [-0.25, -0.2) is 4.79 Å². The van der Waals surface area contributed by atoms with Crippen molar-refractivity contribution in [2.75, 3.05) is 33.3 Å². The monoisotopic (exact) mass is 404 g/mol. The number of ether oxygens (including phenoxy) is 1. The van der Waals surface area contributed by atoms with E-state index in [0.717, 1.165) is 4.90 Å². The minimum Gasteiger partial charge on any atom is -0.497 e. The molecule has 0 saturated carbocycles. The molecule has 9 heteroatoms. The molecular formula is C20H28N4O5. The predicted molar refractivity (Wildman–Crippen MR) is 106 cm³/mol. The fourth-order valence-electron chi connectivity index (χ4n) is 3.32. The molecule has 1 atom stereocenters. The third kappa shape index (κ3) is 4.49. The number of urea groups is 1. The number of hydrogen-bond donors (Lipinski definition) is 2. The number of methoxy groups -OCH3 is 1. The lowest BCUT2D eigenvalue weighted by atomic mass is 9.87. The molecule has 0 aliphatic carbocycles. The van der Waals surface area contributed by atoms with E-state index in [1.54, 1.807) is 52.1 Å². The van der Waals surface area contributed by atoms with E-state index in [1.165, 1.54) is 4.90 Å². The Bertz CT molecular complexity index is 780. The molecule has 0 bridgehead atoms. The van der Waals surface area contributed by atoms with Crippen LogP contribution in [0.4, 0.5) is 4.79 Å². The van der Waals surface area contributed by atoms with Crippen molar-refractivity contribution in [2.24, 2.45) is 0 Å². The minimum absolute atomic E-state index is 0.121. The quantitative estimate of drug-likeness (QED) is 0.593. The number of nitrogens with zero attached hydrogens (tertiary/aromatic N) is 2. The number of likely N-dealkylation sites (N-methyl/N-ethyl adjacent to an activating group) is 2. The predicted octanol–water partition coefficient (Wildman–Crippen LogP) is 0.837. The zero-order valence-electron chi connectivity index (χ0n) is 17.3. The third-order valence-electron chi connectivity index (χ3n) is 5.03. The maximum atomic E-state index is 13.2. The summed E-state index contributed by atoms with van der Waals surface area (Å²) in [7, 11) is 1.54. The Morgan fingerprint density at radius 1 is 1.17 bits per heavy atom. The molecule has 1 aromatic rings. The van der Waals surface area contributed by atoms with Crippen LogP contribution >= 0.6 is 0 Å². The Hall–Kier alpha value is -3.10. The van der Waals surface area contributed by atoms with E-state index in [1.807, 2.05) is 0 Å².